The van der Waals surface area contributed by atoms with Crippen LogP contribution in [0.4, 0.5) is 0 Å². The van der Waals surface area contributed by atoms with Crippen LogP contribution in [-0.2, 0) is 0 Å². The number of benzene rings is 3. The van der Waals surface area contributed by atoms with E-state index in [1.807, 2.05) is 55.5 Å². The SMILES string of the molecule is C=Cc1ccc(C(=O)N[C@@H](C)[C@H](c2ccccc2)c2cc(C=C)ccc2C(=O)O)cc1. The largest absolute Gasteiger partial charge is 0.478 e. The number of amides is 1. The zero-order valence-corrected chi connectivity index (χ0v) is 17.4. The van der Waals surface area contributed by atoms with Gasteiger partial charge in [0.15, 0.2) is 0 Å². The van der Waals surface area contributed by atoms with Gasteiger partial charge in [-0.1, -0.05) is 79.9 Å². The predicted octanol–water partition coefficient (Wildman–Crippen LogP) is 5.62. The first-order valence-electron chi connectivity index (χ1n) is 10.0. The van der Waals surface area contributed by atoms with Gasteiger partial charge in [-0.15, -0.1) is 0 Å². The average Bonchev–Trinajstić information content (AvgIpc) is 2.79. The Labute approximate surface area is 182 Å². The minimum Gasteiger partial charge on any atom is -0.478 e. The summed E-state index contributed by atoms with van der Waals surface area (Å²) in [7, 11) is 0. The quantitative estimate of drug-likeness (QED) is 0.505. The fraction of sp³-hybridized carbons (Fsp3) is 0.111. The summed E-state index contributed by atoms with van der Waals surface area (Å²) in [6.07, 6.45) is 3.40. The van der Waals surface area contributed by atoms with Gasteiger partial charge in [0.2, 0.25) is 0 Å². The Balaban J connectivity index is 2.02. The molecule has 4 heteroatoms. The molecule has 0 aliphatic rings. The highest BCUT2D eigenvalue weighted by Gasteiger charge is 2.27. The Morgan fingerprint density at radius 1 is 0.903 bits per heavy atom. The molecule has 3 aromatic rings. The summed E-state index contributed by atoms with van der Waals surface area (Å²) in [5.74, 6) is -1.59. The third-order valence-corrected chi connectivity index (χ3v) is 5.30. The number of carbonyl (C=O) groups excluding carboxylic acids is 1. The van der Waals surface area contributed by atoms with Crippen molar-refractivity contribution in [3.63, 3.8) is 0 Å². The van der Waals surface area contributed by atoms with E-state index in [1.54, 1.807) is 36.4 Å². The molecule has 0 saturated carbocycles. The van der Waals surface area contributed by atoms with Gasteiger partial charge in [-0.05, 0) is 47.4 Å². The van der Waals surface area contributed by atoms with Crippen molar-refractivity contribution in [2.75, 3.05) is 0 Å². The van der Waals surface area contributed by atoms with E-state index in [0.29, 0.717) is 11.1 Å². The summed E-state index contributed by atoms with van der Waals surface area (Å²) < 4.78 is 0. The van der Waals surface area contributed by atoms with Gasteiger partial charge in [-0.25, -0.2) is 4.79 Å². The minimum absolute atomic E-state index is 0.205. The number of hydrogen-bond donors (Lipinski definition) is 2. The number of carboxylic acids is 1. The molecule has 1 amide bonds. The normalized spacial score (nSPS) is 12.4. The van der Waals surface area contributed by atoms with E-state index in [2.05, 4.69) is 18.5 Å². The molecule has 156 valence electrons. The smallest absolute Gasteiger partial charge is 0.335 e. The predicted molar refractivity (Wildman–Crippen MR) is 125 cm³/mol. The molecule has 4 nitrogen and oxygen atoms in total. The summed E-state index contributed by atoms with van der Waals surface area (Å²) in [6.45, 7) is 9.42. The molecule has 0 heterocycles. The van der Waals surface area contributed by atoms with Crippen LogP contribution in [0.3, 0.4) is 0 Å². The van der Waals surface area contributed by atoms with Crippen molar-refractivity contribution in [2.45, 2.75) is 18.9 Å². The van der Waals surface area contributed by atoms with Gasteiger partial charge in [-0.3, -0.25) is 4.79 Å². The van der Waals surface area contributed by atoms with E-state index >= 15 is 0 Å². The van der Waals surface area contributed by atoms with Crippen LogP contribution in [0.2, 0.25) is 0 Å². The van der Waals surface area contributed by atoms with Crippen LogP contribution < -0.4 is 5.32 Å². The van der Waals surface area contributed by atoms with Crippen molar-refractivity contribution in [1.29, 1.82) is 0 Å². The van der Waals surface area contributed by atoms with Crippen LogP contribution in [0.15, 0.2) is 86.0 Å². The van der Waals surface area contributed by atoms with Gasteiger partial charge in [0.05, 0.1) is 5.56 Å². The van der Waals surface area contributed by atoms with Gasteiger partial charge in [0, 0.05) is 17.5 Å². The molecule has 0 fully saturated rings. The molecule has 0 aromatic heterocycles. The van der Waals surface area contributed by atoms with E-state index in [-0.39, 0.29) is 23.4 Å². The monoisotopic (exact) mass is 411 g/mol. The molecule has 0 saturated heterocycles. The van der Waals surface area contributed by atoms with E-state index in [0.717, 1.165) is 16.7 Å². The van der Waals surface area contributed by atoms with E-state index in [9.17, 15) is 14.7 Å². The zero-order valence-electron chi connectivity index (χ0n) is 17.4. The first kappa shape index (κ1) is 21.8. The third-order valence-electron chi connectivity index (χ3n) is 5.30. The number of aromatic carboxylic acids is 1. The molecule has 0 spiro atoms. The lowest BCUT2D eigenvalue weighted by Gasteiger charge is -2.27. The van der Waals surface area contributed by atoms with Gasteiger partial charge in [-0.2, -0.15) is 0 Å². The van der Waals surface area contributed by atoms with E-state index < -0.39 is 5.97 Å². The molecular formula is C27H25NO3. The molecule has 3 aromatic carbocycles. The second kappa shape index (κ2) is 9.72. The van der Waals surface area contributed by atoms with E-state index in [1.165, 1.54) is 0 Å². The molecule has 0 radical (unpaired) electrons. The van der Waals surface area contributed by atoms with Gasteiger partial charge >= 0.3 is 5.97 Å². The highest BCUT2D eigenvalue weighted by atomic mass is 16.4. The minimum atomic E-state index is -1.01. The molecule has 0 bridgehead atoms. The lowest BCUT2D eigenvalue weighted by atomic mass is 9.82. The zero-order chi connectivity index (χ0) is 22.4. The Kier molecular flexibility index (Phi) is 6.83. The van der Waals surface area contributed by atoms with Crippen LogP contribution >= 0.6 is 0 Å². The fourth-order valence-corrected chi connectivity index (χ4v) is 3.70. The summed E-state index contributed by atoms with van der Waals surface area (Å²) in [5, 5.41) is 12.8. The summed E-state index contributed by atoms with van der Waals surface area (Å²) in [6, 6.07) is 21.5. The maximum atomic E-state index is 12.9. The van der Waals surface area contributed by atoms with Gasteiger partial charge in [0.1, 0.15) is 0 Å². The fourth-order valence-electron chi connectivity index (χ4n) is 3.70. The lowest BCUT2D eigenvalue weighted by Crippen LogP contribution is -2.38. The molecule has 2 N–H and O–H groups in total. The topological polar surface area (TPSA) is 66.4 Å². The Hall–Kier alpha value is -3.92. The second-order valence-corrected chi connectivity index (χ2v) is 7.33. The Morgan fingerprint density at radius 3 is 2.10 bits per heavy atom. The Bertz CT molecular complexity index is 1100. The van der Waals surface area contributed by atoms with Crippen LogP contribution in [-0.4, -0.2) is 23.0 Å². The molecule has 0 unspecified atom stereocenters. The molecule has 3 rings (SSSR count). The maximum Gasteiger partial charge on any atom is 0.335 e. The molecule has 2 atom stereocenters. The van der Waals surface area contributed by atoms with Crippen molar-refractivity contribution < 1.29 is 14.7 Å². The second-order valence-electron chi connectivity index (χ2n) is 7.33. The first-order valence-corrected chi connectivity index (χ1v) is 10.0. The Morgan fingerprint density at radius 2 is 1.52 bits per heavy atom. The highest BCUT2D eigenvalue weighted by molar-refractivity contribution is 5.95. The van der Waals surface area contributed by atoms with Crippen LogP contribution in [0.5, 0.6) is 0 Å². The summed E-state index contributed by atoms with van der Waals surface area (Å²) >= 11 is 0. The first-order chi connectivity index (χ1) is 14.9. The van der Waals surface area contributed by atoms with Crippen molar-refractivity contribution >= 4 is 24.0 Å². The number of hydrogen-bond acceptors (Lipinski definition) is 2. The number of carbonyl (C=O) groups is 2. The van der Waals surface area contributed by atoms with Crippen molar-refractivity contribution in [3.05, 3.63) is 119 Å². The van der Waals surface area contributed by atoms with Gasteiger partial charge < -0.3 is 10.4 Å². The van der Waals surface area contributed by atoms with Crippen molar-refractivity contribution in [3.8, 4) is 0 Å². The van der Waals surface area contributed by atoms with Gasteiger partial charge in [0.25, 0.3) is 5.91 Å². The van der Waals surface area contributed by atoms with Crippen molar-refractivity contribution in [2.24, 2.45) is 0 Å². The van der Waals surface area contributed by atoms with E-state index in [4.69, 9.17) is 0 Å². The summed E-state index contributed by atoms with van der Waals surface area (Å²) in [5.41, 5.74) is 4.03. The average molecular weight is 412 g/mol. The number of rotatable bonds is 8. The molecular weight excluding hydrogens is 386 g/mol. The molecule has 0 aliphatic heterocycles. The molecule has 0 aliphatic carbocycles. The lowest BCUT2D eigenvalue weighted by molar-refractivity contribution is 0.0695. The van der Waals surface area contributed by atoms with Crippen LogP contribution in [0.1, 0.15) is 55.8 Å². The number of carboxylic acid groups (broad SMARTS) is 1. The standard InChI is InChI=1S/C27H25NO3/c1-4-19-11-14-22(15-12-19)26(29)28-18(3)25(21-9-7-6-8-10-21)24-17-20(5-2)13-16-23(24)27(30)31/h4-18,25H,1-2H2,3H3,(H,28,29)(H,30,31)/t18-,25+/m0/s1. The third kappa shape index (κ3) is 4.98. The number of nitrogens with one attached hydrogen (secondary N) is 1. The highest BCUT2D eigenvalue weighted by Crippen LogP contribution is 2.32. The molecule has 31 heavy (non-hydrogen) atoms. The van der Waals surface area contributed by atoms with Crippen LogP contribution in [0, 0.1) is 0 Å². The van der Waals surface area contributed by atoms with Crippen LogP contribution in [0.25, 0.3) is 12.2 Å². The summed E-state index contributed by atoms with van der Waals surface area (Å²) in [4.78, 5) is 24.9. The maximum absolute atomic E-state index is 12.9. The van der Waals surface area contributed by atoms with Crippen molar-refractivity contribution in [1.82, 2.24) is 5.32 Å².